The molecule has 1 fully saturated rings. The Bertz CT molecular complexity index is 1170. The highest BCUT2D eigenvalue weighted by atomic mass is 16.7. The summed E-state index contributed by atoms with van der Waals surface area (Å²) >= 11 is 0. The number of allylic oxidation sites excluding steroid dienone is 7. The highest BCUT2D eigenvalue weighted by molar-refractivity contribution is 5.76. The predicted octanol–water partition coefficient (Wildman–Crippen LogP) is 13.3. The molecule has 0 spiro atoms. The van der Waals surface area contributed by atoms with E-state index >= 15 is 0 Å². The van der Waals surface area contributed by atoms with Gasteiger partial charge in [-0.3, -0.25) is 4.79 Å². The lowest BCUT2D eigenvalue weighted by Crippen LogP contribution is -2.60. The molecule has 7 atom stereocenters. The molecular weight excluding hydrogens is 827 g/mol. The van der Waals surface area contributed by atoms with Crippen LogP contribution in [0.2, 0.25) is 0 Å². The molecular formula is C57H105NO8. The number of nitrogens with one attached hydrogen (secondary N) is 1. The minimum atomic E-state index is -1.58. The summed E-state index contributed by atoms with van der Waals surface area (Å²) in [5.74, 6) is -0.192. The van der Waals surface area contributed by atoms with E-state index < -0.39 is 49.5 Å². The van der Waals surface area contributed by atoms with E-state index in [1.165, 1.54) is 186 Å². The second-order valence-corrected chi connectivity index (χ2v) is 19.4. The first-order valence-corrected chi connectivity index (χ1v) is 27.9. The van der Waals surface area contributed by atoms with Crippen molar-refractivity contribution in [3.05, 3.63) is 48.6 Å². The lowest BCUT2D eigenvalue weighted by atomic mass is 9.99. The molecule has 7 unspecified atom stereocenters. The van der Waals surface area contributed by atoms with Gasteiger partial charge in [-0.1, -0.05) is 223 Å². The third-order valence-electron chi connectivity index (χ3n) is 13.1. The van der Waals surface area contributed by atoms with Gasteiger partial charge in [-0.15, -0.1) is 0 Å². The highest BCUT2D eigenvalue weighted by Gasteiger charge is 2.44. The van der Waals surface area contributed by atoms with E-state index in [9.17, 15) is 30.3 Å². The number of aliphatic hydroxyl groups excluding tert-OH is 5. The van der Waals surface area contributed by atoms with E-state index in [0.29, 0.717) is 6.42 Å². The van der Waals surface area contributed by atoms with Crippen molar-refractivity contribution in [3.63, 3.8) is 0 Å². The third-order valence-corrected chi connectivity index (χ3v) is 13.1. The molecule has 9 nitrogen and oxygen atoms in total. The van der Waals surface area contributed by atoms with E-state index in [2.05, 4.69) is 55.6 Å². The fourth-order valence-corrected chi connectivity index (χ4v) is 8.65. The lowest BCUT2D eigenvalue weighted by Gasteiger charge is -2.40. The van der Waals surface area contributed by atoms with Gasteiger partial charge in [0.25, 0.3) is 0 Å². The summed E-state index contributed by atoms with van der Waals surface area (Å²) in [7, 11) is 0. The van der Waals surface area contributed by atoms with Crippen molar-refractivity contribution in [1.82, 2.24) is 5.32 Å². The molecule has 1 aliphatic rings. The summed E-state index contributed by atoms with van der Waals surface area (Å²) in [6.07, 6.45) is 54.5. The van der Waals surface area contributed by atoms with Crippen molar-refractivity contribution >= 4 is 5.91 Å². The van der Waals surface area contributed by atoms with Crippen LogP contribution in [0, 0.1) is 0 Å². The van der Waals surface area contributed by atoms with Gasteiger partial charge in [0.1, 0.15) is 24.4 Å². The minimum Gasteiger partial charge on any atom is -0.394 e. The van der Waals surface area contributed by atoms with Crippen molar-refractivity contribution in [2.75, 3.05) is 13.2 Å². The fraction of sp³-hybridized carbons (Fsp3) is 0.842. The van der Waals surface area contributed by atoms with Gasteiger partial charge < -0.3 is 40.3 Å². The van der Waals surface area contributed by atoms with Gasteiger partial charge in [-0.25, -0.2) is 0 Å². The predicted molar refractivity (Wildman–Crippen MR) is 276 cm³/mol. The molecule has 0 bridgehead atoms. The molecule has 1 aliphatic heterocycles. The number of carbonyl (C=O) groups is 1. The monoisotopic (exact) mass is 932 g/mol. The second kappa shape index (κ2) is 46.9. The quantitative estimate of drug-likeness (QED) is 0.0261. The third kappa shape index (κ3) is 36.2. The Kier molecular flexibility index (Phi) is 44.1. The molecule has 1 saturated heterocycles. The molecule has 1 heterocycles. The van der Waals surface area contributed by atoms with Gasteiger partial charge in [-0.2, -0.15) is 0 Å². The molecule has 0 aromatic carbocycles. The van der Waals surface area contributed by atoms with Crippen molar-refractivity contribution in [2.24, 2.45) is 0 Å². The first-order chi connectivity index (χ1) is 32.3. The largest absolute Gasteiger partial charge is 0.394 e. The average Bonchev–Trinajstić information content (AvgIpc) is 3.32. The SMILES string of the molecule is CCCCCCCCCC/C=C\CCCCCCCCCCCC(=O)NC(COC1OC(CO)C(O)C(O)C1O)C(O)/C=C/CC/C=C/CC/C=C/CCCCCCCCCCCCCC. The molecule has 9 heteroatoms. The molecule has 0 radical (unpaired) electrons. The van der Waals surface area contributed by atoms with Crippen molar-refractivity contribution in [2.45, 2.75) is 294 Å². The molecule has 1 rings (SSSR count). The Balaban J connectivity index is 2.30. The van der Waals surface area contributed by atoms with Crippen molar-refractivity contribution in [1.29, 1.82) is 0 Å². The van der Waals surface area contributed by atoms with Gasteiger partial charge in [0.15, 0.2) is 6.29 Å². The van der Waals surface area contributed by atoms with E-state index in [1.807, 2.05) is 6.08 Å². The van der Waals surface area contributed by atoms with Gasteiger partial charge in [-0.05, 0) is 70.6 Å². The Morgan fingerprint density at radius 3 is 1.27 bits per heavy atom. The maximum absolute atomic E-state index is 13.0. The molecule has 66 heavy (non-hydrogen) atoms. The second-order valence-electron chi connectivity index (χ2n) is 19.4. The van der Waals surface area contributed by atoms with E-state index in [1.54, 1.807) is 6.08 Å². The van der Waals surface area contributed by atoms with E-state index in [-0.39, 0.29) is 12.5 Å². The van der Waals surface area contributed by atoms with Crippen LogP contribution in [-0.4, -0.2) is 87.5 Å². The van der Waals surface area contributed by atoms with Gasteiger partial charge >= 0.3 is 0 Å². The fourth-order valence-electron chi connectivity index (χ4n) is 8.65. The molecule has 386 valence electrons. The smallest absolute Gasteiger partial charge is 0.220 e. The number of rotatable bonds is 47. The van der Waals surface area contributed by atoms with Crippen LogP contribution in [0.1, 0.15) is 251 Å². The first kappa shape index (κ1) is 62.2. The number of amides is 1. The number of hydrogen-bond acceptors (Lipinski definition) is 8. The van der Waals surface area contributed by atoms with Gasteiger partial charge in [0, 0.05) is 6.42 Å². The minimum absolute atomic E-state index is 0.192. The zero-order valence-electron chi connectivity index (χ0n) is 42.7. The van der Waals surface area contributed by atoms with Crippen LogP contribution in [0.25, 0.3) is 0 Å². The van der Waals surface area contributed by atoms with Crippen LogP contribution >= 0.6 is 0 Å². The van der Waals surface area contributed by atoms with Crippen LogP contribution in [0.4, 0.5) is 0 Å². The zero-order chi connectivity index (χ0) is 48.0. The summed E-state index contributed by atoms with van der Waals surface area (Å²) in [6.45, 7) is 3.77. The maximum atomic E-state index is 13.0. The Morgan fingerprint density at radius 1 is 0.500 bits per heavy atom. The summed E-state index contributed by atoms with van der Waals surface area (Å²) in [4.78, 5) is 13.0. The Morgan fingerprint density at radius 2 is 0.864 bits per heavy atom. The molecule has 0 saturated carbocycles. The van der Waals surface area contributed by atoms with Crippen molar-refractivity contribution < 1.29 is 39.8 Å². The number of ether oxygens (including phenoxy) is 2. The van der Waals surface area contributed by atoms with Gasteiger partial charge in [0.2, 0.25) is 5.91 Å². The summed E-state index contributed by atoms with van der Waals surface area (Å²) < 4.78 is 11.2. The molecule has 1 amide bonds. The normalized spacial score (nSPS) is 20.1. The number of hydrogen-bond donors (Lipinski definition) is 6. The summed E-state index contributed by atoms with van der Waals surface area (Å²) in [6, 6.07) is -0.830. The number of carbonyl (C=O) groups excluding carboxylic acids is 1. The van der Waals surface area contributed by atoms with Crippen LogP contribution < -0.4 is 5.32 Å². The maximum Gasteiger partial charge on any atom is 0.220 e. The number of aliphatic hydroxyl groups is 5. The topological polar surface area (TPSA) is 149 Å². The first-order valence-electron chi connectivity index (χ1n) is 27.9. The van der Waals surface area contributed by atoms with Crippen LogP contribution in [0.3, 0.4) is 0 Å². The molecule has 6 N–H and O–H groups in total. The molecule has 0 aromatic heterocycles. The van der Waals surface area contributed by atoms with Crippen molar-refractivity contribution in [3.8, 4) is 0 Å². The van der Waals surface area contributed by atoms with Crippen LogP contribution in [0.15, 0.2) is 48.6 Å². The zero-order valence-corrected chi connectivity index (χ0v) is 42.7. The summed E-state index contributed by atoms with van der Waals surface area (Å²) in [5.41, 5.74) is 0. The lowest BCUT2D eigenvalue weighted by molar-refractivity contribution is -0.302. The highest BCUT2D eigenvalue weighted by Crippen LogP contribution is 2.23. The van der Waals surface area contributed by atoms with Crippen LogP contribution in [-0.2, 0) is 14.3 Å². The molecule has 0 aliphatic carbocycles. The summed E-state index contributed by atoms with van der Waals surface area (Å²) in [5, 5.41) is 54.4. The van der Waals surface area contributed by atoms with Crippen LogP contribution in [0.5, 0.6) is 0 Å². The Hall–Kier alpha value is -1.85. The average molecular weight is 932 g/mol. The standard InChI is InChI=1S/C57H105NO8/c1-3-5-7-9-11-13-15-17-19-21-23-25-27-28-30-32-34-36-38-40-42-44-46-51(60)50(49-65-57-56(64)55(63)54(62)52(48-59)66-57)58-53(61)47-45-43-41-39-37-35-33-31-29-26-24-22-20-18-16-14-12-10-8-6-4-2/h22,24,28,30,36,38,44,46,50-52,54-57,59-60,62-64H,3-21,23,25-27,29,31-35,37,39-43,45,47-49H2,1-2H3,(H,58,61)/b24-22-,30-28+,38-36+,46-44+. The van der Waals surface area contributed by atoms with Gasteiger partial charge in [0.05, 0.1) is 25.4 Å². The molecule has 0 aromatic rings. The van der Waals surface area contributed by atoms with E-state index in [0.717, 1.165) is 44.9 Å². The Labute approximate surface area is 405 Å². The number of unbranched alkanes of at least 4 members (excludes halogenated alkanes) is 31. The van der Waals surface area contributed by atoms with E-state index in [4.69, 9.17) is 9.47 Å².